The van der Waals surface area contributed by atoms with Crippen molar-refractivity contribution in [2.24, 2.45) is 0 Å². The van der Waals surface area contributed by atoms with Gasteiger partial charge in [-0.1, -0.05) is 23.2 Å². The summed E-state index contributed by atoms with van der Waals surface area (Å²) in [6.07, 6.45) is 2.95. The van der Waals surface area contributed by atoms with Crippen molar-refractivity contribution in [3.8, 4) is 5.69 Å². The number of amides is 1. The number of hydrogen-bond donors (Lipinski definition) is 1. The van der Waals surface area contributed by atoms with Crippen LogP contribution < -0.4 is 5.32 Å². The van der Waals surface area contributed by atoms with Crippen LogP contribution in [-0.4, -0.2) is 33.2 Å². The van der Waals surface area contributed by atoms with Crippen molar-refractivity contribution in [3.05, 3.63) is 70.7 Å². The Bertz CT molecular complexity index is 928. The summed E-state index contributed by atoms with van der Waals surface area (Å²) < 4.78 is 6.56. The topological polar surface area (TPSA) is 86.1 Å². The first kappa shape index (κ1) is 17.9. The average molecular weight is 391 g/mol. The summed E-state index contributed by atoms with van der Waals surface area (Å²) in [6.45, 7) is -0.427. The molecule has 0 unspecified atom stereocenters. The van der Waals surface area contributed by atoms with Crippen LogP contribution in [0.1, 0.15) is 10.4 Å². The molecule has 0 saturated carbocycles. The Kier molecular flexibility index (Phi) is 5.50. The van der Waals surface area contributed by atoms with E-state index in [1.807, 2.05) is 0 Å². The van der Waals surface area contributed by atoms with Crippen LogP contribution in [0.5, 0.6) is 0 Å². The summed E-state index contributed by atoms with van der Waals surface area (Å²) in [5.41, 5.74) is 1.52. The minimum atomic E-state index is -0.612. The lowest BCUT2D eigenvalue weighted by atomic mass is 10.2. The smallest absolute Gasteiger partial charge is 0.338 e. The molecule has 0 radical (unpaired) electrons. The molecular weight excluding hydrogens is 379 g/mol. The minimum absolute atomic E-state index is 0.314. The summed E-state index contributed by atoms with van der Waals surface area (Å²) in [5, 5.41) is 7.25. The molecule has 3 rings (SSSR count). The van der Waals surface area contributed by atoms with Crippen molar-refractivity contribution in [1.82, 2.24) is 14.8 Å². The molecule has 2 aromatic carbocycles. The van der Waals surface area contributed by atoms with E-state index in [1.54, 1.807) is 47.4 Å². The maximum absolute atomic E-state index is 12.0. The number of halogens is 2. The molecule has 0 spiro atoms. The summed E-state index contributed by atoms with van der Waals surface area (Å²) >= 11 is 11.7. The Morgan fingerprint density at radius 2 is 1.85 bits per heavy atom. The molecule has 1 amide bonds. The van der Waals surface area contributed by atoms with E-state index in [-0.39, 0.29) is 0 Å². The van der Waals surface area contributed by atoms with Crippen LogP contribution in [0.25, 0.3) is 5.69 Å². The zero-order valence-corrected chi connectivity index (χ0v) is 14.7. The van der Waals surface area contributed by atoms with E-state index >= 15 is 0 Å². The highest BCUT2D eigenvalue weighted by molar-refractivity contribution is 6.42. The fourth-order valence-corrected chi connectivity index (χ4v) is 2.38. The monoisotopic (exact) mass is 390 g/mol. The number of nitrogens with one attached hydrogen (secondary N) is 1. The summed E-state index contributed by atoms with van der Waals surface area (Å²) in [6, 6.07) is 11.2. The quantitative estimate of drug-likeness (QED) is 0.674. The Hall–Kier alpha value is -2.90. The van der Waals surface area contributed by atoms with E-state index in [1.165, 1.54) is 12.4 Å². The zero-order chi connectivity index (χ0) is 18.5. The van der Waals surface area contributed by atoms with Crippen LogP contribution in [-0.2, 0) is 9.53 Å². The normalized spacial score (nSPS) is 10.4. The van der Waals surface area contributed by atoms with Crippen LogP contribution >= 0.6 is 23.2 Å². The Labute approximate surface area is 158 Å². The third kappa shape index (κ3) is 4.38. The van der Waals surface area contributed by atoms with Gasteiger partial charge in [-0.2, -0.15) is 5.10 Å². The van der Waals surface area contributed by atoms with Gasteiger partial charge in [0, 0.05) is 5.69 Å². The first-order valence-electron chi connectivity index (χ1n) is 7.40. The molecule has 0 aliphatic carbocycles. The Morgan fingerprint density at radius 1 is 1.08 bits per heavy atom. The van der Waals surface area contributed by atoms with Crippen molar-refractivity contribution in [2.45, 2.75) is 0 Å². The largest absolute Gasteiger partial charge is 0.452 e. The molecule has 0 fully saturated rings. The molecule has 26 heavy (non-hydrogen) atoms. The van der Waals surface area contributed by atoms with E-state index in [0.29, 0.717) is 21.3 Å². The lowest BCUT2D eigenvalue weighted by Crippen LogP contribution is -2.20. The predicted octanol–water partition coefficient (Wildman–Crippen LogP) is 3.37. The van der Waals surface area contributed by atoms with E-state index in [2.05, 4.69) is 15.4 Å². The standard InChI is InChI=1S/C17H12Cl2N4O3/c18-14-6-3-12(7-15(14)19)22-16(24)8-26-17(25)11-1-4-13(5-2-11)23-10-20-9-21-23/h1-7,9-10H,8H2,(H,22,24). The first-order chi connectivity index (χ1) is 12.5. The maximum Gasteiger partial charge on any atom is 0.338 e. The third-order valence-electron chi connectivity index (χ3n) is 3.32. The fourth-order valence-electron chi connectivity index (χ4n) is 2.08. The van der Waals surface area contributed by atoms with Gasteiger partial charge in [-0.05, 0) is 42.5 Å². The fraction of sp³-hybridized carbons (Fsp3) is 0.0588. The molecule has 0 saturated heterocycles. The van der Waals surface area contributed by atoms with Crippen LogP contribution in [0, 0.1) is 0 Å². The van der Waals surface area contributed by atoms with Gasteiger partial charge in [-0.3, -0.25) is 4.79 Å². The molecule has 1 aromatic heterocycles. The van der Waals surface area contributed by atoms with Gasteiger partial charge in [0.15, 0.2) is 6.61 Å². The maximum atomic E-state index is 12.0. The van der Waals surface area contributed by atoms with Crippen LogP contribution in [0.3, 0.4) is 0 Å². The van der Waals surface area contributed by atoms with Gasteiger partial charge in [0.1, 0.15) is 12.7 Å². The van der Waals surface area contributed by atoms with Gasteiger partial charge in [-0.25, -0.2) is 14.5 Å². The lowest BCUT2D eigenvalue weighted by molar-refractivity contribution is -0.119. The SMILES string of the molecule is O=C(COC(=O)c1ccc(-n2cncn2)cc1)Nc1ccc(Cl)c(Cl)c1. The number of carbonyl (C=O) groups is 2. The number of esters is 1. The van der Waals surface area contributed by atoms with Gasteiger partial charge < -0.3 is 10.1 Å². The molecule has 0 bridgehead atoms. The Morgan fingerprint density at radius 3 is 2.50 bits per heavy atom. The molecule has 132 valence electrons. The van der Waals surface area contributed by atoms with E-state index < -0.39 is 18.5 Å². The third-order valence-corrected chi connectivity index (χ3v) is 4.06. The zero-order valence-electron chi connectivity index (χ0n) is 13.2. The van der Waals surface area contributed by atoms with E-state index in [0.717, 1.165) is 5.69 Å². The molecule has 0 aliphatic heterocycles. The highest BCUT2D eigenvalue weighted by Gasteiger charge is 2.11. The number of rotatable bonds is 5. The molecule has 0 aliphatic rings. The number of anilines is 1. The van der Waals surface area contributed by atoms with Crippen molar-refractivity contribution in [2.75, 3.05) is 11.9 Å². The van der Waals surface area contributed by atoms with Crippen molar-refractivity contribution in [3.63, 3.8) is 0 Å². The second-order valence-electron chi connectivity index (χ2n) is 5.14. The number of aromatic nitrogens is 3. The van der Waals surface area contributed by atoms with Crippen LogP contribution in [0.2, 0.25) is 10.0 Å². The summed E-state index contributed by atoms with van der Waals surface area (Å²) in [5.74, 6) is -1.10. The highest BCUT2D eigenvalue weighted by Crippen LogP contribution is 2.24. The van der Waals surface area contributed by atoms with Gasteiger partial charge in [0.25, 0.3) is 5.91 Å². The van der Waals surface area contributed by atoms with E-state index in [9.17, 15) is 9.59 Å². The van der Waals surface area contributed by atoms with Crippen molar-refractivity contribution < 1.29 is 14.3 Å². The van der Waals surface area contributed by atoms with Gasteiger partial charge in [0.2, 0.25) is 0 Å². The molecule has 7 nitrogen and oxygen atoms in total. The number of ether oxygens (including phenoxy) is 1. The average Bonchev–Trinajstić information content (AvgIpc) is 3.18. The molecule has 0 atom stereocenters. The molecule has 9 heteroatoms. The van der Waals surface area contributed by atoms with Gasteiger partial charge in [-0.15, -0.1) is 0 Å². The van der Waals surface area contributed by atoms with Crippen LogP contribution in [0.4, 0.5) is 5.69 Å². The van der Waals surface area contributed by atoms with Gasteiger partial charge in [0.05, 0.1) is 21.3 Å². The molecule has 1 heterocycles. The van der Waals surface area contributed by atoms with Crippen molar-refractivity contribution in [1.29, 1.82) is 0 Å². The second kappa shape index (κ2) is 7.99. The van der Waals surface area contributed by atoms with E-state index in [4.69, 9.17) is 27.9 Å². The predicted molar refractivity (Wildman–Crippen MR) is 96.7 cm³/mol. The molecule has 3 aromatic rings. The highest BCUT2D eigenvalue weighted by atomic mass is 35.5. The van der Waals surface area contributed by atoms with Crippen LogP contribution in [0.15, 0.2) is 55.1 Å². The van der Waals surface area contributed by atoms with Crippen molar-refractivity contribution >= 4 is 40.8 Å². The number of hydrogen-bond acceptors (Lipinski definition) is 5. The summed E-state index contributed by atoms with van der Waals surface area (Å²) in [4.78, 5) is 27.7. The minimum Gasteiger partial charge on any atom is -0.452 e. The number of benzene rings is 2. The Balaban J connectivity index is 1.54. The number of nitrogens with zero attached hydrogens (tertiary/aromatic N) is 3. The van der Waals surface area contributed by atoms with Gasteiger partial charge >= 0.3 is 5.97 Å². The number of carbonyl (C=O) groups excluding carboxylic acids is 2. The second-order valence-corrected chi connectivity index (χ2v) is 5.95. The lowest BCUT2D eigenvalue weighted by Gasteiger charge is -2.08. The first-order valence-corrected chi connectivity index (χ1v) is 8.15. The molecular formula is C17H12Cl2N4O3. The summed E-state index contributed by atoms with van der Waals surface area (Å²) in [7, 11) is 0. The molecule has 1 N–H and O–H groups in total.